The number of amides is 1. The van der Waals surface area contributed by atoms with Gasteiger partial charge in [0.25, 0.3) is 5.91 Å². The van der Waals surface area contributed by atoms with E-state index in [1.165, 1.54) is 22.2 Å². The maximum Gasteiger partial charge on any atom is 0.254 e. The van der Waals surface area contributed by atoms with Gasteiger partial charge in [0.1, 0.15) is 16.5 Å². The molecule has 0 bridgehead atoms. The fourth-order valence-electron chi connectivity index (χ4n) is 5.08. The topological polar surface area (TPSA) is 49.3 Å². The molecule has 3 heterocycles. The first-order valence-corrected chi connectivity index (χ1v) is 13.2. The van der Waals surface area contributed by atoms with E-state index in [4.69, 9.17) is 9.97 Å². The lowest BCUT2D eigenvalue weighted by atomic mass is 9.89. The minimum absolute atomic E-state index is 0.141. The molecule has 1 aliphatic heterocycles. The summed E-state index contributed by atoms with van der Waals surface area (Å²) in [5.41, 5.74) is 3.34. The molecule has 1 fully saturated rings. The minimum atomic E-state index is 0.141. The molecule has 2 aromatic heterocycles. The molecule has 0 spiro atoms. The summed E-state index contributed by atoms with van der Waals surface area (Å²) in [5.74, 6) is 3.29. The third kappa shape index (κ3) is 4.14. The van der Waals surface area contributed by atoms with Gasteiger partial charge in [-0.3, -0.25) is 4.79 Å². The third-order valence-electron chi connectivity index (χ3n) is 7.45. The molecule has 0 N–H and O–H groups in total. The second kappa shape index (κ2) is 9.05. The van der Waals surface area contributed by atoms with Crippen LogP contribution in [0.15, 0.2) is 24.3 Å². The van der Waals surface area contributed by atoms with Crippen LogP contribution in [0.3, 0.4) is 0 Å². The Bertz CT molecular complexity index is 1180. The summed E-state index contributed by atoms with van der Waals surface area (Å²) in [7, 11) is 0. The molecule has 5 rings (SSSR count). The van der Waals surface area contributed by atoms with E-state index in [9.17, 15) is 4.79 Å². The summed E-state index contributed by atoms with van der Waals surface area (Å²) < 4.78 is 0. The summed E-state index contributed by atoms with van der Waals surface area (Å²) in [6.45, 7) is 11.9. The van der Waals surface area contributed by atoms with Gasteiger partial charge in [0.15, 0.2) is 0 Å². The molecule has 174 valence electrons. The van der Waals surface area contributed by atoms with Crippen molar-refractivity contribution in [3.8, 4) is 0 Å². The van der Waals surface area contributed by atoms with Gasteiger partial charge in [0.2, 0.25) is 0 Å². The highest BCUT2D eigenvalue weighted by Gasteiger charge is 2.29. The number of thiophene rings is 1. The summed E-state index contributed by atoms with van der Waals surface area (Å²) in [6.07, 6.45) is 4.56. The van der Waals surface area contributed by atoms with Crippen molar-refractivity contribution in [2.75, 3.05) is 31.1 Å². The lowest BCUT2D eigenvalue weighted by Gasteiger charge is -2.36. The zero-order chi connectivity index (χ0) is 23.1. The highest BCUT2D eigenvalue weighted by molar-refractivity contribution is 7.19. The number of carbonyl (C=O) groups excluding carboxylic acids is 1. The third-order valence-corrected chi connectivity index (χ3v) is 8.60. The maximum absolute atomic E-state index is 13.1. The fraction of sp³-hybridized carbons (Fsp3) is 0.519. The van der Waals surface area contributed by atoms with Gasteiger partial charge in [0, 0.05) is 42.5 Å². The Labute approximate surface area is 200 Å². The van der Waals surface area contributed by atoms with Gasteiger partial charge >= 0.3 is 0 Å². The summed E-state index contributed by atoms with van der Waals surface area (Å²) >= 11 is 1.89. The Morgan fingerprint density at radius 3 is 2.67 bits per heavy atom. The van der Waals surface area contributed by atoms with Crippen LogP contribution in [0, 0.1) is 12.8 Å². The van der Waals surface area contributed by atoms with Crippen LogP contribution >= 0.6 is 11.3 Å². The van der Waals surface area contributed by atoms with Crippen molar-refractivity contribution in [2.24, 2.45) is 5.92 Å². The predicted octanol–water partition coefficient (Wildman–Crippen LogP) is 5.60. The molecule has 2 aliphatic rings. The monoisotopic (exact) mass is 462 g/mol. The van der Waals surface area contributed by atoms with Crippen LogP contribution in [0.1, 0.15) is 71.7 Å². The molecule has 1 amide bonds. The van der Waals surface area contributed by atoms with Crippen LogP contribution in [0.25, 0.3) is 10.2 Å². The van der Waals surface area contributed by atoms with Crippen molar-refractivity contribution >= 4 is 33.3 Å². The van der Waals surface area contributed by atoms with Gasteiger partial charge in [-0.05, 0) is 55.7 Å². The number of piperazine rings is 1. The van der Waals surface area contributed by atoms with E-state index >= 15 is 0 Å². The number of carbonyl (C=O) groups is 1. The van der Waals surface area contributed by atoms with Crippen LogP contribution in [0.4, 0.5) is 5.82 Å². The normalized spacial score (nSPS) is 19.6. The standard InChI is InChI=1S/C27H34N4OS/c1-5-18(3)24-28-25(23-21-11-10-17(2)16-22(21)33-26(23)29-24)30-12-14-31(15-13-30)27(32)20-9-7-6-8-19(20)4/h6-9,17-18H,5,10-16H2,1-4H3/t17-,18-/m0/s1. The Morgan fingerprint density at radius 2 is 1.94 bits per heavy atom. The average Bonchev–Trinajstić information content (AvgIpc) is 3.20. The van der Waals surface area contributed by atoms with E-state index in [2.05, 4.69) is 25.7 Å². The summed E-state index contributed by atoms with van der Waals surface area (Å²) in [4.78, 5) is 30.4. The number of aromatic nitrogens is 2. The highest BCUT2D eigenvalue weighted by atomic mass is 32.1. The first-order valence-electron chi connectivity index (χ1n) is 12.4. The lowest BCUT2D eigenvalue weighted by Crippen LogP contribution is -2.49. The largest absolute Gasteiger partial charge is 0.352 e. The van der Waals surface area contributed by atoms with E-state index in [1.54, 1.807) is 0 Å². The highest BCUT2D eigenvalue weighted by Crippen LogP contribution is 2.42. The second-order valence-corrected chi connectivity index (χ2v) is 10.9. The van der Waals surface area contributed by atoms with Crippen LogP contribution < -0.4 is 4.90 Å². The average molecular weight is 463 g/mol. The van der Waals surface area contributed by atoms with Gasteiger partial charge in [-0.2, -0.15) is 0 Å². The van der Waals surface area contributed by atoms with Crippen molar-refractivity contribution in [3.63, 3.8) is 0 Å². The Kier molecular flexibility index (Phi) is 6.12. The Morgan fingerprint density at radius 1 is 1.18 bits per heavy atom. The van der Waals surface area contributed by atoms with Crippen molar-refractivity contribution in [1.82, 2.24) is 14.9 Å². The molecular formula is C27H34N4OS. The van der Waals surface area contributed by atoms with Gasteiger partial charge < -0.3 is 9.80 Å². The van der Waals surface area contributed by atoms with Crippen LogP contribution in [-0.4, -0.2) is 47.0 Å². The van der Waals surface area contributed by atoms with Crippen LogP contribution in [0.2, 0.25) is 0 Å². The zero-order valence-corrected chi connectivity index (χ0v) is 21.0. The van der Waals surface area contributed by atoms with Crippen molar-refractivity contribution in [3.05, 3.63) is 51.7 Å². The van der Waals surface area contributed by atoms with Crippen LogP contribution in [-0.2, 0) is 12.8 Å². The number of rotatable bonds is 4. The summed E-state index contributed by atoms with van der Waals surface area (Å²) in [6, 6.07) is 7.89. The zero-order valence-electron chi connectivity index (χ0n) is 20.2. The molecule has 0 radical (unpaired) electrons. The lowest BCUT2D eigenvalue weighted by molar-refractivity contribution is 0.0746. The number of fused-ring (bicyclic) bond motifs is 3. The number of nitrogens with zero attached hydrogens (tertiary/aromatic N) is 4. The number of hydrogen-bond acceptors (Lipinski definition) is 5. The molecule has 2 atom stereocenters. The van der Waals surface area contributed by atoms with Gasteiger partial charge in [-0.1, -0.05) is 39.0 Å². The molecule has 0 unspecified atom stereocenters. The van der Waals surface area contributed by atoms with E-state index in [1.807, 2.05) is 47.4 Å². The molecule has 0 saturated carbocycles. The number of anilines is 1. The number of benzene rings is 1. The summed E-state index contributed by atoms with van der Waals surface area (Å²) in [5, 5.41) is 1.28. The SMILES string of the molecule is CC[C@H](C)c1nc(N2CCN(C(=O)c3ccccc3C)CC2)c2c3c(sc2n1)C[C@@H](C)CC3. The van der Waals surface area contributed by atoms with Gasteiger partial charge in [0.05, 0.1) is 5.39 Å². The quantitative estimate of drug-likeness (QED) is 0.506. The van der Waals surface area contributed by atoms with Crippen LogP contribution in [0.5, 0.6) is 0 Å². The van der Waals surface area contributed by atoms with Crippen molar-refractivity contribution in [1.29, 1.82) is 0 Å². The molecule has 6 heteroatoms. The molecule has 3 aromatic rings. The van der Waals surface area contributed by atoms with Crippen molar-refractivity contribution < 1.29 is 4.79 Å². The van der Waals surface area contributed by atoms with E-state index in [0.29, 0.717) is 5.92 Å². The minimum Gasteiger partial charge on any atom is -0.352 e. The molecular weight excluding hydrogens is 428 g/mol. The molecule has 1 aromatic carbocycles. The van der Waals surface area contributed by atoms with Gasteiger partial charge in [-0.25, -0.2) is 9.97 Å². The molecule has 1 aliphatic carbocycles. The Balaban J connectivity index is 1.46. The Hall–Kier alpha value is -2.47. The predicted molar refractivity (Wildman–Crippen MR) is 137 cm³/mol. The second-order valence-electron chi connectivity index (χ2n) is 9.84. The van der Waals surface area contributed by atoms with Crippen molar-refractivity contribution in [2.45, 2.75) is 59.3 Å². The maximum atomic E-state index is 13.1. The van der Waals surface area contributed by atoms with Gasteiger partial charge in [-0.15, -0.1) is 11.3 Å². The van der Waals surface area contributed by atoms with E-state index in [0.717, 1.165) is 79.0 Å². The first-order chi connectivity index (χ1) is 16.0. The smallest absolute Gasteiger partial charge is 0.254 e. The molecule has 1 saturated heterocycles. The molecule has 33 heavy (non-hydrogen) atoms. The fourth-order valence-corrected chi connectivity index (χ4v) is 6.46. The number of hydrogen-bond donors (Lipinski definition) is 0. The molecule has 5 nitrogen and oxygen atoms in total. The number of aryl methyl sites for hydroxylation is 2. The first kappa shape index (κ1) is 22.3. The van der Waals surface area contributed by atoms with E-state index in [-0.39, 0.29) is 5.91 Å². The van der Waals surface area contributed by atoms with E-state index < -0.39 is 0 Å².